The number of hydrogen-bond donors (Lipinski definition) is 3. The van der Waals surface area contributed by atoms with Gasteiger partial charge in [0.15, 0.2) is 0 Å². The Hall–Kier alpha value is -1.26. The lowest BCUT2D eigenvalue weighted by molar-refractivity contribution is 0.0559. The molecule has 1 aromatic carbocycles. The molecule has 0 atom stereocenters. The predicted octanol–water partition coefficient (Wildman–Crippen LogP) is 2.37. The smallest absolute Gasteiger partial charge is 0.124 e. The van der Waals surface area contributed by atoms with Gasteiger partial charge in [-0.05, 0) is 31.0 Å². The maximum Gasteiger partial charge on any atom is 0.124 e. The largest absolute Gasteiger partial charge is 0.388 e. The number of nitrogens with zero attached hydrogens (tertiary/aromatic N) is 1. The third kappa shape index (κ3) is 3.19. The zero-order valence-electron chi connectivity index (χ0n) is 11.1. The van der Waals surface area contributed by atoms with Crippen LogP contribution in [-0.2, 0) is 0 Å². The highest BCUT2D eigenvalue weighted by Crippen LogP contribution is 2.32. The van der Waals surface area contributed by atoms with Gasteiger partial charge in [0.25, 0.3) is 0 Å². The molecule has 1 aromatic rings. The zero-order valence-corrected chi connectivity index (χ0v) is 11.9. The molecule has 1 saturated carbocycles. The maximum atomic E-state index is 10.4. The fraction of sp³-hybridized carbons (Fsp3) is 0.500. The van der Waals surface area contributed by atoms with Crippen LogP contribution in [0.5, 0.6) is 0 Å². The summed E-state index contributed by atoms with van der Waals surface area (Å²) < 4.78 is 0. The highest BCUT2D eigenvalue weighted by Gasteiger charge is 2.32. The Morgan fingerprint density at radius 1 is 1.47 bits per heavy atom. The molecule has 4 nitrogen and oxygen atoms in total. The Morgan fingerprint density at radius 3 is 2.63 bits per heavy atom. The number of benzene rings is 1. The molecule has 4 N–H and O–H groups in total. The number of rotatable bonds is 4. The average Bonchev–Trinajstić information content (AvgIpc) is 2.75. The molecule has 0 aliphatic heterocycles. The Bertz CT molecular complexity index is 484. The molecule has 1 aliphatic carbocycles. The SMILES string of the molecule is CN(CC1(O)CCCC1)c1ccc(C(=N)N)c(Cl)c1. The van der Waals surface area contributed by atoms with E-state index in [4.69, 9.17) is 22.7 Å². The van der Waals surface area contributed by atoms with Crippen LogP contribution >= 0.6 is 11.6 Å². The molecule has 5 heteroatoms. The lowest BCUT2D eigenvalue weighted by Crippen LogP contribution is -2.39. The van der Waals surface area contributed by atoms with Crippen LogP contribution in [-0.4, -0.2) is 30.1 Å². The van der Waals surface area contributed by atoms with Gasteiger partial charge in [-0.2, -0.15) is 0 Å². The standard InChI is InChI=1S/C14H20ClN3O/c1-18(9-14(19)6-2-3-7-14)10-4-5-11(13(16)17)12(15)8-10/h4-5,8,19H,2-3,6-7,9H2,1H3,(H3,16,17). The fourth-order valence-electron chi connectivity index (χ4n) is 2.68. The van der Waals surface area contributed by atoms with Crippen molar-refractivity contribution in [2.45, 2.75) is 31.3 Å². The van der Waals surface area contributed by atoms with E-state index in [1.165, 1.54) is 0 Å². The van der Waals surface area contributed by atoms with E-state index >= 15 is 0 Å². The minimum absolute atomic E-state index is 0.0337. The van der Waals surface area contributed by atoms with Crippen LogP contribution in [0, 0.1) is 5.41 Å². The summed E-state index contributed by atoms with van der Waals surface area (Å²) in [6.45, 7) is 0.600. The minimum Gasteiger partial charge on any atom is -0.388 e. The number of anilines is 1. The van der Waals surface area contributed by atoms with E-state index in [0.717, 1.165) is 31.4 Å². The number of halogens is 1. The van der Waals surface area contributed by atoms with E-state index in [0.29, 0.717) is 17.1 Å². The van der Waals surface area contributed by atoms with Crippen molar-refractivity contribution in [3.8, 4) is 0 Å². The Kier molecular flexibility index (Phi) is 4.02. The summed E-state index contributed by atoms with van der Waals surface area (Å²) in [5, 5.41) is 18.3. The van der Waals surface area contributed by atoms with Gasteiger partial charge in [-0.1, -0.05) is 24.4 Å². The van der Waals surface area contributed by atoms with Gasteiger partial charge in [-0.15, -0.1) is 0 Å². The maximum absolute atomic E-state index is 10.4. The molecule has 0 unspecified atom stereocenters. The first kappa shape index (κ1) is 14.2. The number of nitrogens with one attached hydrogen (secondary N) is 1. The van der Waals surface area contributed by atoms with Crippen LogP contribution in [0.15, 0.2) is 18.2 Å². The van der Waals surface area contributed by atoms with Gasteiger partial charge in [-0.3, -0.25) is 5.41 Å². The van der Waals surface area contributed by atoms with Gasteiger partial charge in [0.1, 0.15) is 5.84 Å². The van der Waals surface area contributed by atoms with Crippen LogP contribution in [0.1, 0.15) is 31.2 Å². The Labute approximate surface area is 118 Å². The Balaban J connectivity index is 2.13. The highest BCUT2D eigenvalue weighted by atomic mass is 35.5. The molecule has 0 aromatic heterocycles. The van der Waals surface area contributed by atoms with Crippen LogP contribution in [0.4, 0.5) is 5.69 Å². The molecule has 0 saturated heterocycles. The van der Waals surface area contributed by atoms with E-state index < -0.39 is 5.60 Å². The van der Waals surface area contributed by atoms with Crippen molar-refractivity contribution in [1.82, 2.24) is 0 Å². The third-order valence-corrected chi connectivity index (χ3v) is 4.06. The summed E-state index contributed by atoms with van der Waals surface area (Å²) in [7, 11) is 1.94. The topological polar surface area (TPSA) is 73.3 Å². The van der Waals surface area contributed by atoms with Crippen LogP contribution in [0.25, 0.3) is 0 Å². The number of aliphatic hydroxyl groups is 1. The normalized spacial score (nSPS) is 17.4. The lowest BCUT2D eigenvalue weighted by atomic mass is 10.0. The van der Waals surface area contributed by atoms with Crippen molar-refractivity contribution < 1.29 is 5.11 Å². The zero-order chi connectivity index (χ0) is 14.0. The summed E-state index contributed by atoms with van der Waals surface area (Å²) in [6, 6.07) is 5.41. The van der Waals surface area contributed by atoms with Crippen LogP contribution < -0.4 is 10.6 Å². The summed E-state index contributed by atoms with van der Waals surface area (Å²) in [5.74, 6) is -0.0337. The van der Waals surface area contributed by atoms with Gasteiger partial charge >= 0.3 is 0 Å². The Morgan fingerprint density at radius 2 is 2.11 bits per heavy atom. The summed E-state index contributed by atoms with van der Waals surface area (Å²) >= 11 is 6.11. The van der Waals surface area contributed by atoms with Crippen molar-refractivity contribution in [3.05, 3.63) is 28.8 Å². The molecule has 1 fully saturated rings. The molecular weight excluding hydrogens is 262 g/mol. The minimum atomic E-state index is -0.583. The van der Waals surface area contributed by atoms with E-state index in [1.807, 2.05) is 18.0 Å². The summed E-state index contributed by atoms with van der Waals surface area (Å²) in [6.07, 6.45) is 3.90. The van der Waals surface area contributed by atoms with Crippen molar-refractivity contribution in [1.29, 1.82) is 5.41 Å². The van der Waals surface area contributed by atoms with Gasteiger partial charge in [0.05, 0.1) is 10.6 Å². The van der Waals surface area contributed by atoms with Crippen molar-refractivity contribution in [3.63, 3.8) is 0 Å². The summed E-state index contributed by atoms with van der Waals surface area (Å²) in [4.78, 5) is 2.00. The second-order valence-corrected chi connectivity index (χ2v) is 5.77. The van der Waals surface area contributed by atoms with Crippen LogP contribution in [0.3, 0.4) is 0 Å². The van der Waals surface area contributed by atoms with Crippen LogP contribution in [0.2, 0.25) is 5.02 Å². The first-order valence-corrected chi connectivity index (χ1v) is 6.86. The van der Waals surface area contributed by atoms with Gasteiger partial charge in [0.2, 0.25) is 0 Å². The van der Waals surface area contributed by atoms with Gasteiger partial charge in [-0.25, -0.2) is 0 Å². The highest BCUT2D eigenvalue weighted by molar-refractivity contribution is 6.34. The fourth-order valence-corrected chi connectivity index (χ4v) is 2.96. The first-order valence-electron chi connectivity index (χ1n) is 6.49. The second-order valence-electron chi connectivity index (χ2n) is 5.37. The molecule has 0 spiro atoms. The summed E-state index contributed by atoms with van der Waals surface area (Å²) in [5.41, 5.74) is 6.32. The molecule has 0 amide bonds. The third-order valence-electron chi connectivity index (χ3n) is 3.75. The van der Waals surface area contributed by atoms with Crippen molar-refractivity contribution >= 4 is 23.1 Å². The predicted molar refractivity (Wildman–Crippen MR) is 79.2 cm³/mol. The molecule has 19 heavy (non-hydrogen) atoms. The van der Waals surface area contributed by atoms with Crippen molar-refractivity contribution in [2.75, 3.05) is 18.5 Å². The van der Waals surface area contributed by atoms with E-state index in [9.17, 15) is 5.11 Å². The number of nitrogen functional groups attached to an aromatic ring is 1. The molecule has 2 rings (SSSR count). The first-order chi connectivity index (χ1) is 8.91. The average molecular weight is 282 g/mol. The van der Waals surface area contributed by atoms with Gasteiger partial charge < -0.3 is 15.7 Å². The number of amidine groups is 1. The van der Waals surface area contributed by atoms with Gasteiger partial charge in [0, 0.05) is 24.8 Å². The van der Waals surface area contributed by atoms with Crippen molar-refractivity contribution in [2.24, 2.45) is 5.73 Å². The van der Waals surface area contributed by atoms with E-state index in [-0.39, 0.29) is 5.84 Å². The second kappa shape index (κ2) is 5.39. The monoisotopic (exact) mass is 281 g/mol. The molecule has 1 aliphatic rings. The number of likely N-dealkylation sites (N-methyl/N-ethyl adjacent to an activating group) is 1. The molecule has 0 heterocycles. The quantitative estimate of drug-likeness (QED) is 0.586. The lowest BCUT2D eigenvalue weighted by Gasteiger charge is -2.30. The number of nitrogens with two attached hydrogens (primary N) is 1. The molecule has 0 bridgehead atoms. The molecular formula is C14H20ClN3O. The van der Waals surface area contributed by atoms with E-state index in [2.05, 4.69) is 0 Å². The molecule has 104 valence electrons. The van der Waals surface area contributed by atoms with E-state index in [1.54, 1.807) is 12.1 Å². The number of hydrogen-bond acceptors (Lipinski definition) is 3. The molecule has 0 radical (unpaired) electrons.